The number of nitrogens with one attached hydrogen (secondary N) is 1. The van der Waals surface area contributed by atoms with Crippen LogP contribution in [-0.4, -0.2) is 32.4 Å². The van der Waals surface area contributed by atoms with E-state index in [4.69, 9.17) is 0 Å². The Morgan fingerprint density at radius 3 is 2.80 bits per heavy atom. The average molecular weight is 295 g/mol. The number of hydrogen-bond acceptors (Lipinski definition) is 4. The molecule has 108 valence electrons. The highest BCUT2D eigenvalue weighted by molar-refractivity contribution is 7.15. The summed E-state index contributed by atoms with van der Waals surface area (Å²) < 4.78 is 1.82. The number of fused-ring (bicyclic) bond motifs is 1. The van der Waals surface area contributed by atoms with E-state index in [-0.39, 0.29) is 11.6 Å². The van der Waals surface area contributed by atoms with Crippen LogP contribution < -0.4 is 5.32 Å². The van der Waals surface area contributed by atoms with Crippen molar-refractivity contribution in [1.82, 2.24) is 14.7 Å². The largest absolute Gasteiger partial charge is 0.480 e. The number of aliphatic carboxylic acids is 1. The van der Waals surface area contributed by atoms with Gasteiger partial charge in [0, 0.05) is 17.3 Å². The number of imidazole rings is 1. The first-order valence-electron chi connectivity index (χ1n) is 6.41. The second-order valence-electron chi connectivity index (χ2n) is 4.83. The topological polar surface area (TPSA) is 83.7 Å². The van der Waals surface area contributed by atoms with Crippen LogP contribution in [-0.2, 0) is 4.79 Å². The molecule has 0 aliphatic carbocycles. The molecular weight excluding hydrogens is 278 g/mol. The summed E-state index contributed by atoms with van der Waals surface area (Å²) in [5, 5.41) is 13.7. The van der Waals surface area contributed by atoms with E-state index < -0.39 is 17.9 Å². The van der Waals surface area contributed by atoms with Crippen molar-refractivity contribution in [2.45, 2.75) is 33.2 Å². The van der Waals surface area contributed by atoms with Gasteiger partial charge in [-0.05, 0) is 12.8 Å². The second kappa shape index (κ2) is 5.62. The average Bonchev–Trinajstić information content (AvgIpc) is 2.97. The van der Waals surface area contributed by atoms with Gasteiger partial charge in [0.2, 0.25) is 0 Å². The lowest BCUT2D eigenvalue weighted by Crippen LogP contribution is -2.45. The molecule has 20 heavy (non-hydrogen) atoms. The summed E-state index contributed by atoms with van der Waals surface area (Å²) in [5.74, 6) is -1.61. The van der Waals surface area contributed by atoms with Crippen LogP contribution in [0.15, 0.2) is 11.6 Å². The van der Waals surface area contributed by atoms with Gasteiger partial charge in [0.05, 0.1) is 0 Å². The van der Waals surface area contributed by atoms with Crippen molar-refractivity contribution in [2.24, 2.45) is 5.92 Å². The molecule has 0 aromatic carbocycles. The number of aromatic nitrogens is 2. The zero-order valence-electron chi connectivity index (χ0n) is 11.6. The first-order chi connectivity index (χ1) is 9.43. The zero-order chi connectivity index (χ0) is 14.9. The number of rotatable bonds is 5. The maximum Gasteiger partial charge on any atom is 0.326 e. The standard InChI is InChI=1S/C13H17N3O3S/c1-4-7(2)10(12(18)19)15-11(17)9-5-16-8(3)6-20-13(16)14-9/h5-7,10H,4H2,1-3H3,(H,15,17)(H,18,19). The molecule has 0 bridgehead atoms. The number of aryl methyl sites for hydroxylation is 1. The van der Waals surface area contributed by atoms with Crippen LogP contribution in [0.1, 0.15) is 36.5 Å². The first kappa shape index (κ1) is 14.5. The fourth-order valence-electron chi connectivity index (χ4n) is 1.90. The minimum Gasteiger partial charge on any atom is -0.480 e. The number of carbonyl (C=O) groups is 2. The third-order valence-corrected chi connectivity index (χ3v) is 4.34. The van der Waals surface area contributed by atoms with Gasteiger partial charge in [-0.2, -0.15) is 0 Å². The number of carboxylic acid groups (broad SMARTS) is 1. The molecule has 0 radical (unpaired) electrons. The minimum absolute atomic E-state index is 0.137. The van der Waals surface area contributed by atoms with E-state index in [9.17, 15) is 14.7 Å². The molecule has 2 unspecified atom stereocenters. The molecule has 0 aliphatic rings. The van der Waals surface area contributed by atoms with E-state index in [1.807, 2.05) is 23.6 Å². The Hall–Kier alpha value is -1.89. The molecule has 2 atom stereocenters. The normalized spacial score (nSPS) is 14.2. The maximum absolute atomic E-state index is 12.1. The number of nitrogens with zero attached hydrogens (tertiary/aromatic N) is 2. The van der Waals surface area contributed by atoms with Crippen molar-refractivity contribution >= 4 is 28.2 Å². The predicted molar refractivity (Wildman–Crippen MR) is 76.2 cm³/mol. The van der Waals surface area contributed by atoms with Gasteiger partial charge in [-0.25, -0.2) is 9.78 Å². The Balaban J connectivity index is 2.19. The fraction of sp³-hybridized carbons (Fsp3) is 0.462. The van der Waals surface area contributed by atoms with Gasteiger partial charge in [0.25, 0.3) is 5.91 Å². The SMILES string of the molecule is CCC(C)C(NC(=O)c1cn2c(C)csc2n1)C(=O)O. The predicted octanol–water partition coefficient (Wildman–Crippen LogP) is 1.93. The number of amides is 1. The van der Waals surface area contributed by atoms with E-state index in [1.54, 1.807) is 13.1 Å². The molecule has 2 heterocycles. The molecule has 2 rings (SSSR count). The molecule has 2 N–H and O–H groups in total. The monoisotopic (exact) mass is 295 g/mol. The Morgan fingerprint density at radius 2 is 2.25 bits per heavy atom. The lowest BCUT2D eigenvalue weighted by Gasteiger charge is -2.19. The smallest absolute Gasteiger partial charge is 0.326 e. The van der Waals surface area contributed by atoms with Crippen molar-refractivity contribution in [3.8, 4) is 0 Å². The summed E-state index contributed by atoms with van der Waals surface area (Å²) in [4.78, 5) is 28.3. The van der Waals surface area contributed by atoms with Gasteiger partial charge in [-0.15, -0.1) is 11.3 Å². The summed E-state index contributed by atoms with van der Waals surface area (Å²) in [7, 11) is 0. The second-order valence-corrected chi connectivity index (χ2v) is 5.67. The van der Waals surface area contributed by atoms with Gasteiger partial charge in [-0.1, -0.05) is 20.3 Å². The van der Waals surface area contributed by atoms with Crippen LogP contribution in [0.2, 0.25) is 0 Å². The van der Waals surface area contributed by atoms with Crippen LogP contribution in [0.3, 0.4) is 0 Å². The molecular formula is C13H17N3O3S. The van der Waals surface area contributed by atoms with Crippen LogP contribution >= 0.6 is 11.3 Å². The van der Waals surface area contributed by atoms with E-state index >= 15 is 0 Å². The van der Waals surface area contributed by atoms with Crippen LogP contribution in [0.25, 0.3) is 4.96 Å². The number of thiazole rings is 1. The van der Waals surface area contributed by atoms with E-state index in [0.29, 0.717) is 6.42 Å². The molecule has 6 nitrogen and oxygen atoms in total. The highest BCUT2D eigenvalue weighted by Gasteiger charge is 2.26. The van der Waals surface area contributed by atoms with E-state index in [1.165, 1.54) is 11.3 Å². The van der Waals surface area contributed by atoms with Crippen LogP contribution in [0.4, 0.5) is 0 Å². The summed E-state index contributed by atoms with van der Waals surface area (Å²) >= 11 is 1.44. The Labute approximate surface area is 120 Å². The Bertz CT molecular complexity index is 646. The first-order valence-corrected chi connectivity index (χ1v) is 7.28. The molecule has 0 fully saturated rings. The molecule has 0 saturated heterocycles. The van der Waals surface area contributed by atoms with Gasteiger partial charge in [0.1, 0.15) is 11.7 Å². The van der Waals surface area contributed by atoms with Gasteiger partial charge in [0.15, 0.2) is 4.96 Å². The quantitative estimate of drug-likeness (QED) is 0.883. The molecule has 1 amide bonds. The van der Waals surface area contributed by atoms with Crippen molar-refractivity contribution in [3.05, 3.63) is 23.0 Å². The molecule has 0 saturated carbocycles. The summed E-state index contributed by atoms with van der Waals surface area (Å²) in [6, 6.07) is -0.895. The molecule has 0 aliphatic heterocycles. The number of hydrogen-bond donors (Lipinski definition) is 2. The summed E-state index contributed by atoms with van der Waals surface area (Å²) in [5.41, 5.74) is 1.24. The fourth-order valence-corrected chi connectivity index (χ4v) is 2.75. The van der Waals surface area contributed by atoms with Crippen molar-refractivity contribution in [2.75, 3.05) is 0 Å². The number of carboxylic acids is 1. The summed E-state index contributed by atoms with van der Waals surface area (Å²) in [6.45, 7) is 5.61. The highest BCUT2D eigenvalue weighted by atomic mass is 32.1. The number of carbonyl (C=O) groups excluding carboxylic acids is 1. The van der Waals surface area contributed by atoms with E-state index in [0.717, 1.165) is 10.7 Å². The molecule has 2 aromatic rings. The van der Waals surface area contributed by atoms with Gasteiger partial charge in [-0.3, -0.25) is 9.20 Å². The molecule has 2 aromatic heterocycles. The van der Waals surface area contributed by atoms with Gasteiger partial charge >= 0.3 is 5.97 Å². The lowest BCUT2D eigenvalue weighted by molar-refractivity contribution is -0.140. The van der Waals surface area contributed by atoms with Crippen LogP contribution in [0, 0.1) is 12.8 Å². The van der Waals surface area contributed by atoms with Gasteiger partial charge < -0.3 is 10.4 Å². The van der Waals surface area contributed by atoms with Crippen molar-refractivity contribution in [3.63, 3.8) is 0 Å². The van der Waals surface area contributed by atoms with Crippen molar-refractivity contribution in [1.29, 1.82) is 0 Å². The minimum atomic E-state index is -1.02. The van der Waals surface area contributed by atoms with Crippen molar-refractivity contribution < 1.29 is 14.7 Å². The molecule has 0 spiro atoms. The highest BCUT2D eigenvalue weighted by Crippen LogP contribution is 2.16. The third kappa shape index (κ3) is 2.67. The molecule has 7 heteroatoms. The maximum atomic E-state index is 12.1. The Kier molecular flexibility index (Phi) is 4.08. The third-order valence-electron chi connectivity index (χ3n) is 3.39. The Morgan fingerprint density at radius 1 is 1.55 bits per heavy atom. The zero-order valence-corrected chi connectivity index (χ0v) is 12.4. The lowest BCUT2D eigenvalue weighted by atomic mass is 9.99. The van der Waals surface area contributed by atoms with Crippen LogP contribution in [0.5, 0.6) is 0 Å². The van der Waals surface area contributed by atoms with E-state index in [2.05, 4.69) is 10.3 Å². The summed E-state index contributed by atoms with van der Waals surface area (Å²) in [6.07, 6.45) is 2.31.